The second-order valence-electron chi connectivity index (χ2n) is 7.41. The van der Waals surface area contributed by atoms with Gasteiger partial charge in [-0.1, -0.05) is 56.5 Å². The summed E-state index contributed by atoms with van der Waals surface area (Å²) >= 11 is 1.27. The summed E-state index contributed by atoms with van der Waals surface area (Å²) in [6, 6.07) is 15.5. The summed E-state index contributed by atoms with van der Waals surface area (Å²) in [6.45, 7) is 6.30. The van der Waals surface area contributed by atoms with E-state index in [1.54, 1.807) is 13.2 Å². The Balaban J connectivity index is 1.93. The van der Waals surface area contributed by atoms with Gasteiger partial charge in [-0.3, -0.25) is 4.72 Å². The first-order valence-corrected chi connectivity index (χ1v) is 12.6. The fourth-order valence-corrected chi connectivity index (χ4v) is 5.82. The maximum Gasteiger partial charge on any atom is 0.271 e. The van der Waals surface area contributed by atoms with Gasteiger partial charge in [-0.25, -0.2) is 8.42 Å². The van der Waals surface area contributed by atoms with Crippen LogP contribution in [0.1, 0.15) is 43.4 Å². The van der Waals surface area contributed by atoms with Crippen LogP contribution in [0.4, 0.5) is 5.69 Å². The number of aryl methyl sites for hydroxylation is 3. The first-order valence-electron chi connectivity index (χ1n) is 10.3. The molecule has 0 aliphatic heterocycles. The molecule has 0 amide bonds. The van der Waals surface area contributed by atoms with Crippen molar-refractivity contribution >= 4 is 27.0 Å². The van der Waals surface area contributed by atoms with E-state index in [-0.39, 0.29) is 4.21 Å². The topological polar surface area (TPSA) is 55.4 Å². The zero-order valence-electron chi connectivity index (χ0n) is 18.0. The molecule has 3 aromatic rings. The molecule has 0 fully saturated rings. The van der Waals surface area contributed by atoms with Crippen molar-refractivity contribution in [3.63, 3.8) is 0 Å². The highest BCUT2D eigenvalue weighted by Gasteiger charge is 2.20. The molecule has 160 valence electrons. The monoisotopic (exact) mass is 443 g/mol. The van der Waals surface area contributed by atoms with E-state index in [1.807, 2.05) is 49.4 Å². The van der Waals surface area contributed by atoms with Crippen molar-refractivity contribution in [2.75, 3.05) is 11.8 Å². The highest BCUT2D eigenvalue weighted by molar-refractivity contribution is 7.94. The van der Waals surface area contributed by atoms with Gasteiger partial charge in [0.1, 0.15) is 9.96 Å². The zero-order valence-corrected chi connectivity index (χ0v) is 19.6. The Morgan fingerprint density at radius 3 is 2.17 bits per heavy atom. The van der Waals surface area contributed by atoms with Gasteiger partial charge in [-0.2, -0.15) is 0 Å². The van der Waals surface area contributed by atoms with Gasteiger partial charge in [-0.15, -0.1) is 11.3 Å². The molecule has 0 saturated heterocycles. The lowest BCUT2D eigenvalue weighted by Gasteiger charge is -2.16. The fraction of sp³-hybridized carbons (Fsp3) is 0.333. The van der Waals surface area contributed by atoms with Gasteiger partial charge in [0.15, 0.2) is 0 Å². The summed E-state index contributed by atoms with van der Waals surface area (Å²) in [7, 11) is -2.14. The van der Waals surface area contributed by atoms with Gasteiger partial charge >= 0.3 is 0 Å². The molecule has 30 heavy (non-hydrogen) atoms. The summed E-state index contributed by atoms with van der Waals surface area (Å²) in [4.78, 5) is 0.923. The Labute approximate surface area is 184 Å². The van der Waals surface area contributed by atoms with Crippen LogP contribution in [0.25, 0.3) is 10.4 Å². The quantitative estimate of drug-likeness (QED) is 0.414. The van der Waals surface area contributed by atoms with E-state index >= 15 is 0 Å². The van der Waals surface area contributed by atoms with Gasteiger partial charge in [0.25, 0.3) is 10.0 Å². The molecule has 0 bridgehead atoms. The molecule has 2 aromatic carbocycles. The number of rotatable bonds is 9. The lowest BCUT2D eigenvalue weighted by atomic mass is 9.98. The summed E-state index contributed by atoms with van der Waals surface area (Å²) in [5.41, 5.74) is 5.07. The molecule has 0 atom stereocenters. The first kappa shape index (κ1) is 22.4. The molecule has 3 rings (SSSR count). The molecule has 0 aliphatic carbocycles. The predicted octanol–water partition coefficient (Wildman–Crippen LogP) is 6.44. The maximum atomic E-state index is 13.1. The number of anilines is 1. The third-order valence-electron chi connectivity index (χ3n) is 4.99. The number of sulfonamides is 1. The third-order valence-corrected chi connectivity index (χ3v) is 7.98. The molecule has 0 radical (unpaired) electrons. The van der Waals surface area contributed by atoms with E-state index in [9.17, 15) is 8.42 Å². The predicted molar refractivity (Wildman–Crippen MR) is 126 cm³/mol. The van der Waals surface area contributed by atoms with Crippen molar-refractivity contribution in [1.82, 2.24) is 0 Å². The van der Waals surface area contributed by atoms with Crippen LogP contribution in [-0.4, -0.2) is 15.5 Å². The van der Waals surface area contributed by atoms with Crippen LogP contribution in [-0.2, 0) is 22.9 Å². The molecule has 0 aliphatic rings. The van der Waals surface area contributed by atoms with E-state index < -0.39 is 10.0 Å². The van der Waals surface area contributed by atoms with Gasteiger partial charge in [0, 0.05) is 4.88 Å². The van der Waals surface area contributed by atoms with Crippen molar-refractivity contribution in [3.05, 3.63) is 65.2 Å². The van der Waals surface area contributed by atoms with Crippen molar-refractivity contribution in [2.45, 2.75) is 50.7 Å². The van der Waals surface area contributed by atoms with E-state index in [1.165, 1.54) is 28.0 Å². The third kappa shape index (κ3) is 5.05. The standard InChI is InChI=1S/C24H29NO3S2/c1-5-7-19-15-21(22(28-4)16-20(19)8-6-2)25-30(26,27)24-14-13-23(29-24)18-11-9-17(3)10-12-18/h9-16,25H,5-8H2,1-4H3. The smallest absolute Gasteiger partial charge is 0.271 e. The number of methoxy groups -OCH3 is 1. The SMILES string of the molecule is CCCc1cc(NS(=O)(=O)c2ccc(-c3ccc(C)cc3)s2)c(OC)cc1CCC. The number of benzene rings is 2. The second-order valence-corrected chi connectivity index (χ2v) is 10.4. The van der Waals surface area contributed by atoms with E-state index in [4.69, 9.17) is 4.74 Å². The van der Waals surface area contributed by atoms with E-state index in [2.05, 4.69) is 18.6 Å². The van der Waals surface area contributed by atoms with Gasteiger partial charge in [-0.05, 0) is 60.7 Å². The molecule has 1 aromatic heterocycles. The number of thiophene rings is 1. The van der Waals surface area contributed by atoms with Gasteiger partial charge in [0.2, 0.25) is 0 Å². The Kier molecular flexibility index (Phi) is 7.21. The minimum atomic E-state index is -3.71. The van der Waals surface area contributed by atoms with Crippen LogP contribution in [0.5, 0.6) is 5.75 Å². The van der Waals surface area contributed by atoms with Crippen LogP contribution < -0.4 is 9.46 Å². The van der Waals surface area contributed by atoms with E-state index in [0.717, 1.165) is 36.1 Å². The second kappa shape index (κ2) is 9.67. The molecule has 1 heterocycles. The average Bonchev–Trinajstić information content (AvgIpc) is 3.22. The Morgan fingerprint density at radius 1 is 0.933 bits per heavy atom. The normalized spacial score (nSPS) is 11.5. The number of ether oxygens (including phenoxy) is 1. The highest BCUT2D eigenvalue weighted by atomic mass is 32.2. The van der Waals surface area contributed by atoms with Crippen LogP contribution in [0, 0.1) is 6.92 Å². The Morgan fingerprint density at radius 2 is 1.57 bits per heavy atom. The van der Waals surface area contributed by atoms with Crippen molar-refractivity contribution < 1.29 is 13.2 Å². The Bertz CT molecular complexity index is 1100. The van der Waals surface area contributed by atoms with E-state index in [0.29, 0.717) is 11.4 Å². The van der Waals surface area contributed by atoms with Gasteiger partial charge < -0.3 is 4.74 Å². The zero-order chi connectivity index (χ0) is 21.7. The summed E-state index contributed by atoms with van der Waals surface area (Å²) in [5, 5.41) is 0. The van der Waals surface area contributed by atoms with Crippen LogP contribution in [0.2, 0.25) is 0 Å². The fourth-order valence-electron chi connectivity index (χ4n) is 3.45. The average molecular weight is 444 g/mol. The minimum absolute atomic E-state index is 0.287. The number of nitrogens with one attached hydrogen (secondary N) is 1. The highest BCUT2D eigenvalue weighted by Crippen LogP contribution is 2.35. The first-order chi connectivity index (χ1) is 14.4. The van der Waals surface area contributed by atoms with Gasteiger partial charge in [0.05, 0.1) is 12.8 Å². The number of hydrogen-bond donors (Lipinski definition) is 1. The van der Waals surface area contributed by atoms with Crippen LogP contribution >= 0.6 is 11.3 Å². The molecule has 0 spiro atoms. The lowest BCUT2D eigenvalue weighted by molar-refractivity contribution is 0.416. The van der Waals surface area contributed by atoms with Crippen molar-refractivity contribution in [3.8, 4) is 16.2 Å². The summed E-state index contributed by atoms with van der Waals surface area (Å²) < 4.78 is 34.7. The lowest BCUT2D eigenvalue weighted by Crippen LogP contribution is -2.13. The minimum Gasteiger partial charge on any atom is -0.495 e. The largest absolute Gasteiger partial charge is 0.495 e. The molecular weight excluding hydrogens is 414 g/mol. The van der Waals surface area contributed by atoms with Crippen molar-refractivity contribution in [2.24, 2.45) is 0 Å². The van der Waals surface area contributed by atoms with Crippen LogP contribution in [0.15, 0.2) is 52.7 Å². The summed E-state index contributed by atoms with van der Waals surface area (Å²) in [6.07, 6.45) is 3.89. The molecule has 6 heteroatoms. The molecule has 0 unspecified atom stereocenters. The molecular formula is C24H29NO3S2. The number of hydrogen-bond acceptors (Lipinski definition) is 4. The molecule has 4 nitrogen and oxygen atoms in total. The maximum absolute atomic E-state index is 13.1. The Hall–Kier alpha value is -2.31. The van der Waals surface area contributed by atoms with Crippen molar-refractivity contribution in [1.29, 1.82) is 0 Å². The molecule has 0 saturated carbocycles. The summed E-state index contributed by atoms with van der Waals surface area (Å²) in [5.74, 6) is 0.553. The molecule has 1 N–H and O–H groups in total. The van der Waals surface area contributed by atoms with Crippen LogP contribution in [0.3, 0.4) is 0 Å².